The molecule has 5 heteroatoms. The number of fused-ring (bicyclic) bond motifs is 9. The van der Waals surface area contributed by atoms with Gasteiger partial charge in [0.2, 0.25) is 0 Å². The second kappa shape index (κ2) is 11.9. The molecule has 0 radical (unpaired) electrons. The Kier molecular flexibility index (Phi) is 6.69. The molecule has 0 N–H and O–H groups in total. The van der Waals surface area contributed by atoms with Crippen LogP contribution in [0.1, 0.15) is 0 Å². The molecule has 0 atom stereocenters. The highest BCUT2D eigenvalue weighted by Gasteiger charge is 2.14. The zero-order valence-electron chi connectivity index (χ0n) is 28.4. The number of nitrogens with zero attached hydrogens (tertiary/aromatic N) is 4. The number of aromatic nitrogens is 4. The number of rotatable bonds is 4. The van der Waals surface area contributed by atoms with Crippen molar-refractivity contribution >= 4 is 75.0 Å². The summed E-state index contributed by atoms with van der Waals surface area (Å²) >= 11 is 1.86. The first-order valence-electron chi connectivity index (χ1n) is 17.7. The fraction of sp³-hybridized carbons (Fsp3) is 0. The van der Waals surface area contributed by atoms with E-state index in [1.54, 1.807) is 0 Å². The van der Waals surface area contributed by atoms with E-state index in [0.29, 0.717) is 0 Å². The summed E-state index contributed by atoms with van der Waals surface area (Å²) in [4.78, 5) is 19.1. The number of hydrogen-bond donors (Lipinski definition) is 0. The van der Waals surface area contributed by atoms with Crippen molar-refractivity contribution in [3.05, 3.63) is 170 Å². The van der Waals surface area contributed by atoms with Gasteiger partial charge >= 0.3 is 0 Å². The molecule has 0 unspecified atom stereocenters. The van der Waals surface area contributed by atoms with Gasteiger partial charge in [-0.2, -0.15) is 0 Å². The van der Waals surface area contributed by atoms with Crippen LogP contribution in [0.15, 0.2) is 170 Å². The second-order valence-corrected chi connectivity index (χ2v) is 14.6. The molecule has 0 saturated carbocycles. The first kappa shape index (κ1) is 29.9. The summed E-state index contributed by atoms with van der Waals surface area (Å²) in [6, 6.07) is 52.1. The van der Waals surface area contributed by atoms with E-state index in [4.69, 9.17) is 9.97 Å². The lowest BCUT2D eigenvalue weighted by molar-refractivity contribution is 1.32. The standard InChI is InChI=1S/C48H28N4S/c1-2-8-39-29(6-1)16-19-44-46(39)41-17-14-31(26-45(41)53-44)34-23-35(38-9-3-11-43-40(38)10-5-20-49-43)25-36(24-34)42-18-15-33(27-51-42)37-22-32-13-12-30-7-4-21-50-47(30)48(32)52-28-37/h1-28H. The number of pyridine rings is 4. The minimum absolute atomic E-state index is 0.909. The van der Waals surface area contributed by atoms with Crippen molar-refractivity contribution in [1.82, 2.24) is 19.9 Å². The predicted octanol–water partition coefficient (Wildman–Crippen LogP) is 12.9. The number of benzene rings is 6. The van der Waals surface area contributed by atoms with Crippen molar-refractivity contribution in [1.29, 1.82) is 0 Å². The van der Waals surface area contributed by atoms with Crippen molar-refractivity contribution in [2.75, 3.05) is 0 Å². The monoisotopic (exact) mass is 692 g/mol. The highest BCUT2D eigenvalue weighted by Crippen LogP contribution is 2.42. The summed E-state index contributed by atoms with van der Waals surface area (Å²) in [5.41, 5.74) is 11.4. The van der Waals surface area contributed by atoms with Crippen LogP contribution in [0, 0.1) is 0 Å². The van der Waals surface area contributed by atoms with Crippen LogP contribution >= 0.6 is 11.3 Å². The van der Waals surface area contributed by atoms with Gasteiger partial charge in [0.15, 0.2) is 0 Å². The molecular formula is C48H28N4S. The van der Waals surface area contributed by atoms with Crippen LogP contribution in [-0.4, -0.2) is 19.9 Å². The Morgan fingerprint density at radius 1 is 0.377 bits per heavy atom. The van der Waals surface area contributed by atoms with E-state index in [1.165, 1.54) is 36.5 Å². The van der Waals surface area contributed by atoms with Gasteiger partial charge in [-0.05, 0) is 93.7 Å². The Morgan fingerprint density at radius 2 is 1.15 bits per heavy atom. The Bertz CT molecular complexity index is 3230. The average Bonchev–Trinajstić information content (AvgIpc) is 3.62. The third kappa shape index (κ3) is 4.97. The molecule has 0 amide bonds. The molecule has 53 heavy (non-hydrogen) atoms. The van der Waals surface area contributed by atoms with Gasteiger partial charge in [-0.3, -0.25) is 19.9 Å². The van der Waals surface area contributed by atoms with E-state index in [0.717, 1.165) is 71.8 Å². The van der Waals surface area contributed by atoms with E-state index >= 15 is 0 Å². The molecule has 246 valence electrons. The van der Waals surface area contributed by atoms with E-state index in [1.807, 2.05) is 48.3 Å². The molecule has 0 bridgehead atoms. The zero-order valence-corrected chi connectivity index (χ0v) is 29.2. The van der Waals surface area contributed by atoms with Gasteiger partial charge < -0.3 is 0 Å². The van der Waals surface area contributed by atoms with Gasteiger partial charge in [-0.25, -0.2) is 0 Å². The van der Waals surface area contributed by atoms with E-state index in [-0.39, 0.29) is 0 Å². The Balaban J connectivity index is 1.04. The van der Waals surface area contributed by atoms with Crippen LogP contribution in [-0.2, 0) is 0 Å². The summed E-state index contributed by atoms with van der Waals surface area (Å²) < 4.78 is 2.59. The molecule has 6 aromatic carbocycles. The molecule has 0 fully saturated rings. The van der Waals surface area contributed by atoms with Crippen molar-refractivity contribution < 1.29 is 0 Å². The fourth-order valence-corrected chi connectivity index (χ4v) is 8.97. The van der Waals surface area contributed by atoms with E-state index in [2.05, 4.69) is 143 Å². The quantitative estimate of drug-likeness (QED) is 0.172. The number of hydrogen-bond acceptors (Lipinski definition) is 5. The number of thiophene rings is 1. The summed E-state index contributed by atoms with van der Waals surface area (Å²) in [6.45, 7) is 0. The van der Waals surface area contributed by atoms with E-state index in [9.17, 15) is 0 Å². The third-order valence-corrected chi connectivity index (χ3v) is 11.5. The summed E-state index contributed by atoms with van der Waals surface area (Å²) in [5.74, 6) is 0. The maximum atomic E-state index is 5.04. The molecule has 5 aromatic heterocycles. The molecule has 0 spiro atoms. The topological polar surface area (TPSA) is 51.6 Å². The third-order valence-electron chi connectivity index (χ3n) is 10.4. The highest BCUT2D eigenvalue weighted by molar-refractivity contribution is 7.26. The molecule has 11 aromatic rings. The van der Waals surface area contributed by atoms with Crippen LogP contribution in [0.4, 0.5) is 0 Å². The van der Waals surface area contributed by atoms with Crippen molar-refractivity contribution in [3.63, 3.8) is 0 Å². The lowest BCUT2D eigenvalue weighted by Crippen LogP contribution is -1.91. The van der Waals surface area contributed by atoms with Gasteiger partial charge in [0.05, 0.1) is 22.2 Å². The summed E-state index contributed by atoms with van der Waals surface area (Å²) in [6.07, 6.45) is 7.56. The van der Waals surface area contributed by atoms with E-state index < -0.39 is 0 Å². The first-order valence-corrected chi connectivity index (χ1v) is 18.5. The first-order chi connectivity index (χ1) is 26.2. The lowest BCUT2D eigenvalue weighted by Gasteiger charge is -2.13. The molecule has 4 nitrogen and oxygen atoms in total. The van der Waals surface area contributed by atoms with Crippen LogP contribution in [0.2, 0.25) is 0 Å². The average molecular weight is 693 g/mol. The van der Waals surface area contributed by atoms with Crippen LogP contribution < -0.4 is 0 Å². The molecule has 11 rings (SSSR count). The highest BCUT2D eigenvalue weighted by atomic mass is 32.1. The fourth-order valence-electron chi connectivity index (χ4n) is 7.81. The van der Waals surface area contributed by atoms with Crippen molar-refractivity contribution in [2.24, 2.45) is 0 Å². The molecule has 0 aliphatic carbocycles. The lowest BCUT2D eigenvalue weighted by atomic mass is 9.92. The summed E-state index contributed by atoms with van der Waals surface area (Å²) in [7, 11) is 0. The van der Waals surface area contributed by atoms with Crippen LogP contribution in [0.25, 0.3) is 108 Å². The van der Waals surface area contributed by atoms with Crippen LogP contribution in [0.5, 0.6) is 0 Å². The van der Waals surface area contributed by atoms with Gasteiger partial charge in [0, 0.05) is 77.8 Å². The normalized spacial score (nSPS) is 11.8. The van der Waals surface area contributed by atoms with Gasteiger partial charge in [0.25, 0.3) is 0 Å². The Labute approximate surface area is 308 Å². The molecule has 5 heterocycles. The smallest absolute Gasteiger partial charge is 0.0964 e. The molecule has 0 aliphatic rings. The van der Waals surface area contributed by atoms with Crippen LogP contribution in [0.3, 0.4) is 0 Å². The Hall–Kier alpha value is -6.82. The maximum absolute atomic E-state index is 5.04. The van der Waals surface area contributed by atoms with Gasteiger partial charge in [-0.15, -0.1) is 11.3 Å². The maximum Gasteiger partial charge on any atom is 0.0964 e. The van der Waals surface area contributed by atoms with Crippen molar-refractivity contribution in [3.8, 4) is 44.6 Å². The predicted molar refractivity (Wildman–Crippen MR) is 222 cm³/mol. The van der Waals surface area contributed by atoms with Gasteiger partial charge in [0.1, 0.15) is 0 Å². The molecule has 0 aliphatic heterocycles. The largest absolute Gasteiger partial charge is 0.256 e. The summed E-state index contributed by atoms with van der Waals surface area (Å²) in [5, 5.41) is 8.48. The zero-order chi connectivity index (χ0) is 34.9. The van der Waals surface area contributed by atoms with Gasteiger partial charge in [-0.1, -0.05) is 84.9 Å². The minimum atomic E-state index is 0.909. The molecular weight excluding hydrogens is 665 g/mol. The van der Waals surface area contributed by atoms with Crippen molar-refractivity contribution in [2.45, 2.75) is 0 Å². The molecule has 0 saturated heterocycles. The second-order valence-electron chi connectivity index (χ2n) is 13.5. The Morgan fingerprint density at radius 3 is 2.11 bits per heavy atom. The minimum Gasteiger partial charge on any atom is -0.256 e. The SMILES string of the molecule is c1ccc2c(c1)ccc1sc3cc(-c4cc(-c5ccc(-c6cnc7c(ccc8cccnc87)c6)cn5)cc(-c5cccc6ncccc56)c4)ccc3c12.